The van der Waals surface area contributed by atoms with Crippen molar-refractivity contribution in [2.24, 2.45) is 0 Å². The molecule has 24 heavy (non-hydrogen) atoms. The zero-order valence-corrected chi connectivity index (χ0v) is 14.9. The van der Waals surface area contributed by atoms with Gasteiger partial charge in [-0.05, 0) is 37.1 Å². The van der Waals surface area contributed by atoms with Crippen molar-refractivity contribution in [3.05, 3.63) is 52.9 Å². The number of benzene rings is 1. The summed E-state index contributed by atoms with van der Waals surface area (Å²) < 4.78 is 18.0. The van der Waals surface area contributed by atoms with E-state index >= 15 is 0 Å². The largest absolute Gasteiger partial charge is 0.455 e. The Labute approximate surface area is 149 Å². The molecule has 128 valence electrons. The van der Waals surface area contributed by atoms with Gasteiger partial charge >= 0.3 is 0 Å². The van der Waals surface area contributed by atoms with E-state index in [1.165, 1.54) is 6.42 Å². The summed E-state index contributed by atoms with van der Waals surface area (Å²) in [5.74, 6) is 0.783. The predicted octanol–water partition coefficient (Wildman–Crippen LogP) is 4.30. The van der Waals surface area contributed by atoms with Crippen molar-refractivity contribution in [3.8, 4) is 0 Å². The first-order valence-corrected chi connectivity index (χ1v) is 9.85. The van der Waals surface area contributed by atoms with Crippen LogP contribution in [0.3, 0.4) is 0 Å². The fraction of sp³-hybridized carbons (Fsp3) is 0.389. The van der Waals surface area contributed by atoms with E-state index in [0.717, 1.165) is 25.7 Å². The van der Waals surface area contributed by atoms with Gasteiger partial charge < -0.3 is 9.73 Å². The van der Waals surface area contributed by atoms with Crippen molar-refractivity contribution in [3.63, 3.8) is 0 Å². The molecular formula is C18H20ClNO3S. The van der Waals surface area contributed by atoms with Gasteiger partial charge in [0.1, 0.15) is 5.76 Å². The van der Waals surface area contributed by atoms with Crippen LogP contribution in [0.2, 0.25) is 5.02 Å². The fourth-order valence-corrected chi connectivity index (χ4v) is 4.40. The first kappa shape index (κ1) is 17.2. The normalized spacial score (nSPS) is 16.7. The van der Waals surface area contributed by atoms with Crippen molar-refractivity contribution in [1.29, 1.82) is 0 Å². The minimum Gasteiger partial charge on any atom is -0.455 e. The highest BCUT2D eigenvalue weighted by Gasteiger charge is 2.19. The number of hydrogen-bond acceptors (Lipinski definition) is 3. The number of rotatable bonds is 5. The molecule has 2 aromatic rings. The van der Waals surface area contributed by atoms with Crippen LogP contribution in [0.1, 0.15) is 48.4 Å². The summed E-state index contributed by atoms with van der Waals surface area (Å²) in [6, 6.07) is 10.6. The van der Waals surface area contributed by atoms with Gasteiger partial charge in [-0.2, -0.15) is 0 Å². The number of carbonyl (C=O) groups excluding carboxylic acids is 1. The molecular weight excluding hydrogens is 346 g/mol. The summed E-state index contributed by atoms with van der Waals surface area (Å²) >= 11 is 6.06. The zero-order valence-electron chi connectivity index (χ0n) is 13.3. The molecule has 1 heterocycles. The molecule has 1 N–H and O–H groups in total. The number of hydrogen-bond donors (Lipinski definition) is 1. The Morgan fingerprint density at radius 2 is 1.92 bits per heavy atom. The number of halogens is 1. The van der Waals surface area contributed by atoms with E-state index in [-0.39, 0.29) is 23.5 Å². The topological polar surface area (TPSA) is 59.3 Å². The SMILES string of the molecule is O=C(NC1CCCCC1)c1ccc(CS(=O)c2ccccc2Cl)o1. The van der Waals surface area contributed by atoms with Gasteiger partial charge in [-0.1, -0.05) is 43.0 Å². The highest BCUT2D eigenvalue weighted by Crippen LogP contribution is 2.22. The van der Waals surface area contributed by atoms with Gasteiger partial charge in [0.25, 0.3) is 5.91 Å². The summed E-state index contributed by atoms with van der Waals surface area (Å²) in [7, 11) is -1.31. The molecule has 1 saturated carbocycles. The Kier molecular flexibility index (Phi) is 5.74. The second-order valence-corrected chi connectivity index (χ2v) is 7.82. The molecule has 1 amide bonds. The number of amides is 1. The third kappa shape index (κ3) is 4.28. The smallest absolute Gasteiger partial charge is 0.287 e. The van der Waals surface area contributed by atoms with Gasteiger partial charge in [-0.3, -0.25) is 9.00 Å². The molecule has 4 nitrogen and oxygen atoms in total. The Morgan fingerprint density at radius 1 is 1.17 bits per heavy atom. The van der Waals surface area contributed by atoms with Crippen LogP contribution in [0.5, 0.6) is 0 Å². The minimum absolute atomic E-state index is 0.195. The lowest BCUT2D eigenvalue weighted by Gasteiger charge is -2.22. The lowest BCUT2D eigenvalue weighted by Crippen LogP contribution is -2.35. The third-order valence-corrected chi connectivity index (χ3v) is 6.02. The van der Waals surface area contributed by atoms with E-state index in [1.54, 1.807) is 36.4 Å². The molecule has 0 saturated heterocycles. The van der Waals surface area contributed by atoms with Gasteiger partial charge in [0, 0.05) is 6.04 Å². The molecule has 6 heteroatoms. The standard InChI is InChI=1S/C18H20ClNO3S/c19-15-8-4-5-9-17(15)24(22)12-14-10-11-16(23-14)18(21)20-13-6-2-1-3-7-13/h4-5,8-11,13H,1-3,6-7,12H2,(H,20,21). The van der Waals surface area contributed by atoms with Crippen LogP contribution in [0.15, 0.2) is 45.7 Å². The maximum absolute atomic E-state index is 12.4. The molecule has 1 aromatic heterocycles. The average Bonchev–Trinajstić information content (AvgIpc) is 3.05. The van der Waals surface area contributed by atoms with Gasteiger partial charge in [-0.15, -0.1) is 0 Å². The third-order valence-electron chi connectivity index (χ3n) is 4.18. The summed E-state index contributed by atoms with van der Waals surface area (Å²) in [4.78, 5) is 12.8. The lowest BCUT2D eigenvalue weighted by atomic mass is 9.95. The maximum atomic E-state index is 12.4. The molecule has 0 radical (unpaired) electrons. The second kappa shape index (κ2) is 7.99. The summed E-state index contributed by atoms with van der Waals surface area (Å²) in [6.07, 6.45) is 5.60. The van der Waals surface area contributed by atoms with Gasteiger partial charge in [0.15, 0.2) is 5.76 Å². The minimum atomic E-state index is -1.31. The molecule has 1 unspecified atom stereocenters. The summed E-state index contributed by atoms with van der Waals surface area (Å²) in [5.41, 5.74) is 0. The monoisotopic (exact) mass is 365 g/mol. The lowest BCUT2D eigenvalue weighted by molar-refractivity contribution is 0.0898. The Morgan fingerprint density at radius 3 is 2.67 bits per heavy atom. The zero-order chi connectivity index (χ0) is 16.9. The van der Waals surface area contributed by atoms with E-state index in [0.29, 0.717) is 15.7 Å². The van der Waals surface area contributed by atoms with Crippen LogP contribution in [0.25, 0.3) is 0 Å². The molecule has 1 aliphatic carbocycles. The van der Waals surface area contributed by atoms with Crippen molar-refractivity contribution in [1.82, 2.24) is 5.32 Å². The van der Waals surface area contributed by atoms with Crippen molar-refractivity contribution < 1.29 is 13.4 Å². The highest BCUT2D eigenvalue weighted by atomic mass is 35.5. The maximum Gasteiger partial charge on any atom is 0.287 e. The van der Waals surface area contributed by atoms with Crippen LogP contribution in [0, 0.1) is 0 Å². The number of furan rings is 1. The molecule has 1 atom stereocenters. The van der Waals surface area contributed by atoms with Crippen LogP contribution in [-0.4, -0.2) is 16.2 Å². The molecule has 1 aromatic carbocycles. The van der Waals surface area contributed by atoms with Crippen molar-refractivity contribution in [2.45, 2.75) is 48.8 Å². The van der Waals surface area contributed by atoms with Crippen LogP contribution in [0.4, 0.5) is 0 Å². The first-order valence-electron chi connectivity index (χ1n) is 8.16. The van der Waals surface area contributed by atoms with Crippen LogP contribution in [-0.2, 0) is 16.6 Å². The first-order chi connectivity index (χ1) is 11.6. The fourth-order valence-electron chi connectivity index (χ4n) is 2.92. The molecule has 0 aliphatic heterocycles. The van der Waals surface area contributed by atoms with Crippen molar-refractivity contribution >= 4 is 28.3 Å². The van der Waals surface area contributed by atoms with E-state index in [9.17, 15) is 9.00 Å². The van der Waals surface area contributed by atoms with Crippen LogP contribution < -0.4 is 5.32 Å². The Bertz CT molecular complexity index is 737. The highest BCUT2D eigenvalue weighted by molar-refractivity contribution is 7.84. The summed E-state index contributed by atoms with van der Waals surface area (Å²) in [6.45, 7) is 0. The predicted molar refractivity (Wildman–Crippen MR) is 94.6 cm³/mol. The summed E-state index contributed by atoms with van der Waals surface area (Å²) in [5, 5.41) is 3.48. The van der Waals surface area contributed by atoms with Gasteiger partial charge in [-0.25, -0.2) is 0 Å². The molecule has 1 fully saturated rings. The average molecular weight is 366 g/mol. The van der Waals surface area contributed by atoms with Gasteiger partial charge in [0.05, 0.1) is 26.5 Å². The molecule has 1 aliphatic rings. The van der Waals surface area contributed by atoms with Crippen LogP contribution >= 0.6 is 11.6 Å². The molecule has 3 rings (SSSR count). The number of carbonyl (C=O) groups is 1. The second-order valence-electron chi connectivity index (χ2n) is 5.99. The Hall–Kier alpha value is -1.59. The van der Waals surface area contributed by atoms with Gasteiger partial charge in [0.2, 0.25) is 0 Å². The number of nitrogens with one attached hydrogen (secondary N) is 1. The molecule has 0 spiro atoms. The van der Waals surface area contributed by atoms with E-state index in [4.69, 9.17) is 16.0 Å². The Balaban J connectivity index is 1.61. The van der Waals surface area contributed by atoms with Crippen molar-refractivity contribution in [2.75, 3.05) is 0 Å². The van der Waals surface area contributed by atoms with E-state index in [2.05, 4.69) is 5.32 Å². The molecule has 0 bridgehead atoms. The quantitative estimate of drug-likeness (QED) is 0.859. The van der Waals surface area contributed by atoms with E-state index < -0.39 is 10.8 Å². The van der Waals surface area contributed by atoms with E-state index in [1.807, 2.05) is 0 Å².